The Morgan fingerprint density at radius 3 is 2.38 bits per heavy atom. The Labute approximate surface area is 193 Å². The molecule has 0 radical (unpaired) electrons. The van der Waals surface area contributed by atoms with E-state index in [1.165, 1.54) is 79.2 Å². The number of anilines is 1. The van der Waals surface area contributed by atoms with Crippen molar-refractivity contribution in [3.63, 3.8) is 0 Å². The summed E-state index contributed by atoms with van der Waals surface area (Å²) < 4.78 is 3.71. The minimum Gasteiger partial charge on any atom is -0.347 e. The molecule has 0 N–H and O–H groups in total. The first-order valence-corrected chi connectivity index (χ1v) is 12.3. The molecule has 168 valence electrons. The van der Waals surface area contributed by atoms with Crippen LogP contribution in [-0.2, 0) is 12.0 Å². The summed E-state index contributed by atoms with van der Waals surface area (Å²) >= 11 is 0. The van der Waals surface area contributed by atoms with Gasteiger partial charge >= 0.3 is 0 Å². The van der Waals surface area contributed by atoms with Crippen molar-refractivity contribution in [3.8, 4) is 0 Å². The van der Waals surface area contributed by atoms with Gasteiger partial charge in [-0.05, 0) is 23.3 Å². The molecule has 1 aromatic heterocycles. The number of fused-ring (bicyclic) bond motifs is 4. The van der Waals surface area contributed by atoms with Crippen LogP contribution in [0.4, 0.5) is 5.69 Å². The summed E-state index contributed by atoms with van der Waals surface area (Å²) in [5.41, 5.74) is 5.34. The number of rotatable bonds is 6. The van der Waals surface area contributed by atoms with Gasteiger partial charge in [-0.3, -0.25) is 4.90 Å². The molecule has 5 heterocycles. The first kappa shape index (κ1) is 21.4. The molecule has 4 heteroatoms. The number of quaternary nitrogens is 1. The van der Waals surface area contributed by atoms with Crippen LogP contribution in [0.2, 0.25) is 0 Å². The highest BCUT2D eigenvalue weighted by atomic mass is 15.4. The fourth-order valence-electron chi connectivity index (χ4n) is 5.94. The molecule has 4 aliphatic rings. The molecule has 3 fully saturated rings. The number of likely N-dealkylation sites (N-methyl/N-ethyl adjacent to an activating group) is 1. The van der Waals surface area contributed by atoms with Gasteiger partial charge in [0.2, 0.25) is 0 Å². The maximum Gasteiger partial charge on any atom is 0.169 e. The molecule has 0 atom stereocenters. The molecule has 6 rings (SSSR count). The summed E-state index contributed by atoms with van der Waals surface area (Å²) in [6.45, 7) is 15.1. The summed E-state index contributed by atoms with van der Waals surface area (Å²) in [5.74, 6) is 0. The van der Waals surface area contributed by atoms with Crippen molar-refractivity contribution in [2.45, 2.75) is 32.2 Å². The topological polar surface area (TPSA) is 10.4 Å². The number of piperazine rings is 3. The van der Waals surface area contributed by atoms with Gasteiger partial charge < -0.3 is 9.38 Å². The van der Waals surface area contributed by atoms with Gasteiger partial charge in [0.25, 0.3) is 0 Å². The van der Waals surface area contributed by atoms with Gasteiger partial charge in [-0.2, -0.15) is 0 Å². The zero-order chi connectivity index (χ0) is 22.2. The molecule has 32 heavy (non-hydrogen) atoms. The Kier molecular flexibility index (Phi) is 5.68. The molecule has 4 nitrogen and oxygen atoms in total. The van der Waals surface area contributed by atoms with Gasteiger partial charge in [-0.1, -0.05) is 44.2 Å². The summed E-state index contributed by atoms with van der Waals surface area (Å²) in [4.78, 5) is 4.95. The van der Waals surface area contributed by atoms with E-state index in [-0.39, 0.29) is 5.41 Å². The molecule has 2 aromatic rings. The monoisotopic (exact) mass is 430 g/mol. The average molecular weight is 431 g/mol. The number of aromatic nitrogens is 1. The van der Waals surface area contributed by atoms with Gasteiger partial charge in [0, 0.05) is 55.6 Å². The molecule has 0 saturated carbocycles. The SMILES string of the molecule is CN1/C(=C/C=C/c2cc[n+](CCC[N+]34CCN(CC3)CC4)cc2)C(C)(C)c2ccccc21. The molecule has 0 spiro atoms. The molecular formula is C28H38N4+2. The van der Waals surface area contributed by atoms with Crippen LogP contribution >= 0.6 is 0 Å². The van der Waals surface area contributed by atoms with E-state index < -0.39 is 0 Å². The van der Waals surface area contributed by atoms with Crippen molar-refractivity contribution in [3.05, 3.63) is 77.8 Å². The molecule has 0 aliphatic carbocycles. The Balaban J connectivity index is 1.18. The summed E-state index contributed by atoms with van der Waals surface area (Å²) in [6, 6.07) is 13.2. The van der Waals surface area contributed by atoms with E-state index in [0.717, 1.165) is 6.54 Å². The molecule has 0 unspecified atom stereocenters. The van der Waals surface area contributed by atoms with E-state index in [4.69, 9.17) is 0 Å². The summed E-state index contributed by atoms with van der Waals surface area (Å²) in [6.07, 6.45) is 12.4. The maximum absolute atomic E-state index is 2.63. The largest absolute Gasteiger partial charge is 0.347 e. The van der Waals surface area contributed by atoms with Gasteiger partial charge in [0.1, 0.15) is 0 Å². The van der Waals surface area contributed by atoms with Gasteiger partial charge in [-0.15, -0.1) is 0 Å². The molecule has 4 aliphatic heterocycles. The zero-order valence-corrected chi connectivity index (χ0v) is 20.0. The second-order valence-corrected chi connectivity index (χ2v) is 10.4. The number of allylic oxidation sites excluding steroid dienone is 3. The van der Waals surface area contributed by atoms with E-state index >= 15 is 0 Å². The smallest absolute Gasteiger partial charge is 0.169 e. The van der Waals surface area contributed by atoms with Crippen LogP contribution in [0.1, 0.15) is 31.4 Å². The first-order chi connectivity index (χ1) is 15.5. The van der Waals surface area contributed by atoms with Crippen LogP contribution < -0.4 is 9.47 Å². The summed E-state index contributed by atoms with van der Waals surface area (Å²) in [5, 5.41) is 0. The van der Waals surface area contributed by atoms with Crippen molar-refractivity contribution in [1.29, 1.82) is 0 Å². The third-order valence-electron chi connectivity index (χ3n) is 8.12. The zero-order valence-electron chi connectivity index (χ0n) is 20.0. The minimum atomic E-state index is 0.0301. The number of para-hydroxylation sites is 1. The van der Waals surface area contributed by atoms with Crippen LogP contribution in [-0.4, -0.2) is 62.2 Å². The number of benzene rings is 1. The van der Waals surface area contributed by atoms with Gasteiger partial charge in [0.15, 0.2) is 18.9 Å². The fourth-order valence-corrected chi connectivity index (χ4v) is 5.94. The summed E-state index contributed by atoms with van der Waals surface area (Å²) in [7, 11) is 2.17. The fraction of sp³-hybridized carbons (Fsp3) is 0.464. The molecule has 1 aromatic carbocycles. The van der Waals surface area contributed by atoms with Crippen LogP contribution in [0, 0.1) is 0 Å². The molecule has 0 amide bonds. The predicted molar refractivity (Wildman–Crippen MR) is 132 cm³/mol. The second-order valence-electron chi connectivity index (χ2n) is 10.4. The lowest BCUT2D eigenvalue weighted by molar-refractivity contribution is -0.942. The standard InChI is InChI=1S/C28H38N4/c1-28(2)25-9-4-5-10-26(25)29(3)27(28)11-6-8-24-12-15-30(16-13-24)14-7-20-32-21-17-31(18-22-32)19-23-32/h4-6,8-13,15-16H,7,14,17-23H2,1-3H3/q+2. The van der Waals surface area contributed by atoms with Crippen LogP contribution in [0.15, 0.2) is 66.6 Å². The molecule has 2 bridgehead atoms. The molecule has 3 saturated heterocycles. The normalized spacial score (nSPS) is 27.4. The number of aryl methyl sites for hydroxylation is 1. The van der Waals surface area contributed by atoms with Gasteiger partial charge in [0.05, 0.1) is 32.6 Å². The Morgan fingerprint density at radius 2 is 1.69 bits per heavy atom. The van der Waals surface area contributed by atoms with Crippen LogP contribution in [0.5, 0.6) is 0 Å². The first-order valence-electron chi connectivity index (χ1n) is 12.3. The van der Waals surface area contributed by atoms with Crippen molar-refractivity contribution < 1.29 is 9.05 Å². The maximum atomic E-state index is 2.63. The predicted octanol–water partition coefficient (Wildman–Crippen LogP) is 3.83. The molecular weight excluding hydrogens is 392 g/mol. The Hall–Kier alpha value is -2.43. The lowest BCUT2D eigenvalue weighted by atomic mass is 9.84. The Bertz CT molecular complexity index is 996. The van der Waals surface area contributed by atoms with E-state index in [1.54, 1.807) is 0 Å². The van der Waals surface area contributed by atoms with Crippen LogP contribution in [0.25, 0.3) is 6.08 Å². The highest BCUT2D eigenvalue weighted by molar-refractivity contribution is 5.70. The van der Waals surface area contributed by atoms with Crippen molar-refractivity contribution in [1.82, 2.24) is 4.90 Å². The highest BCUT2D eigenvalue weighted by Gasteiger charge is 2.38. The van der Waals surface area contributed by atoms with E-state index in [1.807, 2.05) is 0 Å². The lowest BCUT2D eigenvalue weighted by Crippen LogP contribution is -2.67. The lowest BCUT2D eigenvalue weighted by Gasteiger charge is -2.50. The van der Waals surface area contributed by atoms with Gasteiger partial charge in [-0.25, -0.2) is 4.57 Å². The number of nitrogens with zero attached hydrogens (tertiary/aromatic N) is 4. The minimum absolute atomic E-state index is 0.0301. The van der Waals surface area contributed by atoms with E-state index in [2.05, 4.69) is 102 Å². The number of pyridine rings is 1. The third-order valence-corrected chi connectivity index (χ3v) is 8.12. The van der Waals surface area contributed by atoms with E-state index in [9.17, 15) is 0 Å². The van der Waals surface area contributed by atoms with Crippen LogP contribution in [0.3, 0.4) is 0 Å². The number of hydrogen-bond donors (Lipinski definition) is 0. The van der Waals surface area contributed by atoms with Crippen molar-refractivity contribution in [2.75, 3.05) is 57.8 Å². The third kappa shape index (κ3) is 4.02. The average Bonchev–Trinajstić information content (AvgIpc) is 3.02. The Morgan fingerprint density at radius 1 is 1.00 bits per heavy atom. The van der Waals surface area contributed by atoms with E-state index in [0.29, 0.717) is 0 Å². The van der Waals surface area contributed by atoms with Crippen molar-refractivity contribution in [2.24, 2.45) is 0 Å². The second kappa shape index (κ2) is 8.49. The number of hydrogen-bond acceptors (Lipinski definition) is 2. The quantitative estimate of drug-likeness (QED) is 0.509. The van der Waals surface area contributed by atoms with Crippen molar-refractivity contribution >= 4 is 11.8 Å². The highest BCUT2D eigenvalue weighted by Crippen LogP contribution is 2.46.